The molecule has 0 saturated heterocycles. The van der Waals surface area contributed by atoms with Crippen LogP contribution in [-0.4, -0.2) is 25.4 Å². The number of hydrogen-bond donors (Lipinski definition) is 1. The van der Waals surface area contributed by atoms with Gasteiger partial charge in [0.15, 0.2) is 0 Å². The van der Waals surface area contributed by atoms with Crippen molar-refractivity contribution < 1.29 is 14.6 Å². The third-order valence-electron chi connectivity index (χ3n) is 4.65. The lowest BCUT2D eigenvalue weighted by atomic mass is 9.90. The summed E-state index contributed by atoms with van der Waals surface area (Å²) in [5.41, 5.74) is 3.54. The molecule has 28 heavy (non-hydrogen) atoms. The van der Waals surface area contributed by atoms with E-state index in [4.69, 9.17) is 14.6 Å². The van der Waals surface area contributed by atoms with Crippen molar-refractivity contribution in [2.45, 2.75) is 40.5 Å². The fourth-order valence-electron chi connectivity index (χ4n) is 2.36. The largest absolute Gasteiger partial charge is 0.497 e. The van der Waals surface area contributed by atoms with E-state index in [9.17, 15) is 0 Å². The van der Waals surface area contributed by atoms with Crippen LogP contribution in [0.5, 0.6) is 0 Å². The summed E-state index contributed by atoms with van der Waals surface area (Å²) in [6.07, 6.45) is 10.1. The van der Waals surface area contributed by atoms with Crippen LogP contribution < -0.4 is 0 Å². The van der Waals surface area contributed by atoms with Gasteiger partial charge in [-0.3, -0.25) is 0 Å². The minimum Gasteiger partial charge on any atom is -0.497 e. The van der Waals surface area contributed by atoms with Crippen molar-refractivity contribution in [3.8, 4) is 0 Å². The number of allylic oxidation sites excluding steroid dienone is 7. The molecule has 0 saturated carbocycles. The van der Waals surface area contributed by atoms with E-state index in [2.05, 4.69) is 66.2 Å². The Bertz CT molecular complexity index is 647. The van der Waals surface area contributed by atoms with E-state index in [1.807, 2.05) is 6.08 Å². The van der Waals surface area contributed by atoms with E-state index in [-0.39, 0.29) is 19.1 Å². The summed E-state index contributed by atoms with van der Waals surface area (Å²) in [4.78, 5) is 0. The van der Waals surface area contributed by atoms with Gasteiger partial charge < -0.3 is 14.6 Å². The zero-order valence-corrected chi connectivity index (χ0v) is 18.4. The molecule has 2 atom stereocenters. The maximum atomic E-state index is 9.06. The first-order valence-electron chi connectivity index (χ1n) is 9.86. The van der Waals surface area contributed by atoms with E-state index in [1.54, 1.807) is 6.08 Å². The number of hydrogen-bond acceptors (Lipinski definition) is 3. The molecule has 1 N–H and O–H groups in total. The molecule has 2 unspecified atom stereocenters. The van der Waals surface area contributed by atoms with Crippen LogP contribution in [0.2, 0.25) is 0 Å². The third-order valence-corrected chi connectivity index (χ3v) is 4.65. The Balaban J connectivity index is 5.49. The van der Waals surface area contributed by atoms with E-state index < -0.39 is 0 Å². The minimum absolute atomic E-state index is 0.0938. The normalized spacial score (nSPS) is 14.5. The van der Waals surface area contributed by atoms with Crippen molar-refractivity contribution in [3.05, 3.63) is 84.4 Å². The lowest BCUT2D eigenvalue weighted by molar-refractivity contribution is 0.149. The summed E-state index contributed by atoms with van der Waals surface area (Å²) in [5.74, 6) is 1.72. The highest BCUT2D eigenvalue weighted by atomic mass is 16.5. The van der Waals surface area contributed by atoms with Gasteiger partial charge in [0.25, 0.3) is 0 Å². The zero-order chi connectivity index (χ0) is 21.7. The molecule has 0 aliphatic heterocycles. The molecule has 0 aromatic heterocycles. The molecule has 3 nitrogen and oxygen atoms in total. The van der Waals surface area contributed by atoms with Crippen molar-refractivity contribution in [2.24, 2.45) is 11.8 Å². The molecule has 0 aromatic rings. The number of rotatable bonds is 14. The van der Waals surface area contributed by atoms with Gasteiger partial charge in [-0.15, -0.1) is 0 Å². The SMILES string of the molecule is C=C(/C=C(/OCCO)C(=C)C(=C)/C=C(/CC)C(=C)C(C)/C=C\C(C)CC)OC. The second-order valence-corrected chi connectivity index (χ2v) is 6.86. The van der Waals surface area contributed by atoms with Gasteiger partial charge in [-0.1, -0.05) is 78.7 Å². The quantitative estimate of drug-likeness (QED) is 0.217. The van der Waals surface area contributed by atoms with Crippen LogP contribution in [0.1, 0.15) is 40.5 Å². The van der Waals surface area contributed by atoms with Crippen LogP contribution in [0.3, 0.4) is 0 Å². The molecule has 0 bridgehead atoms. The second kappa shape index (κ2) is 13.8. The Kier molecular flexibility index (Phi) is 12.7. The van der Waals surface area contributed by atoms with E-state index >= 15 is 0 Å². The molecular weight excluding hydrogens is 348 g/mol. The molecular formula is C25H38O3. The maximum absolute atomic E-state index is 9.06. The summed E-state index contributed by atoms with van der Waals surface area (Å²) in [6.45, 7) is 25.0. The number of methoxy groups -OCH3 is 1. The molecule has 0 aromatic carbocycles. The summed E-state index contributed by atoms with van der Waals surface area (Å²) >= 11 is 0. The van der Waals surface area contributed by atoms with Crippen LogP contribution in [0.15, 0.2) is 84.4 Å². The number of aliphatic hydroxyl groups is 1. The third kappa shape index (κ3) is 9.09. The van der Waals surface area contributed by atoms with E-state index in [0.29, 0.717) is 23.0 Å². The van der Waals surface area contributed by atoms with E-state index in [0.717, 1.165) is 29.6 Å². The van der Waals surface area contributed by atoms with Gasteiger partial charge in [0, 0.05) is 11.6 Å². The molecule has 156 valence electrons. The Labute approximate surface area is 172 Å². The summed E-state index contributed by atoms with van der Waals surface area (Å²) < 4.78 is 10.7. The van der Waals surface area contributed by atoms with Crippen LogP contribution in [0.4, 0.5) is 0 Å². The van der Waals surface area contributed by atoms with Crippen molar-refractivity contribution >= 4 is 0 Å². The highest BCUT2D eigenvalue weighted by Crippen LogP contribution is 2.27. The van der Waals surface area contributed by atoms with Crippen LogP contribution >= 0.6 is 0 Å². The summed E-state index contributed by atoms with van der Waals surface area (Å²) in [7, 11) is 1.54. The number of aliphatic hydroxyl groups excluding tert-OH is 1. The van der Waals surface area contributed by atoms with Gasteiger partial charge in [-0.2, -0.15) is 0 Å². The van der Waals surface area contributed by atoms with Gasteiger partial charge in [-0.25, -0.2) is 0 Å². The number of ether oxygens (including phenoxy) is 2. The molecule has 0 spiro atoms. The predicted molar refractivity (Wildman–Crippen MR) is 121 cm³/mol. The van der Waals surface area contributed by atoms with Gasteiger partial charge in [0.1, 0.15) is 18.1 Å². The Morgan fingerprint density at radius 1 is 1.04 bits per heavy atom. The highest BCUT2D eigenvalue weighted by molar-refractivity contribution is 5.51. The van der Waals surface area contributed by atoms with Crippen molar-refractivity contribution in [3.63, 3.8) is 0 Å². The first-order chi connectivity index (χ1) is 13.2. The molecule has 0 aliphatic rings. The van der Waals surface area contributed by atoms with Crippen molar-refractivity contribution in [2.75, 3.05) is 20.3 Å². The van der Waals surface area contributed by atoms with Gasteiger partial charge >= 0.3 is 0 Å². The first-order valence-corrected chi connectivity index (χ1v) is 9.86. The fourth-order valence-corrected chi connectivity index (χ4v) is 2.36. The Morgan fingerprint density at radius 3 is 2.18 bits per heavy atom. The minimum atomic E-state index is -0.0938. The predicted octanol–water partition coefficient (Wildman–Crippen LogP) is 6.28. The lowest BCUT2D eigenvalue weighted by Gasteiger charge is -2.17. The summed E-state index contributed by atoms with van der Waals surface area (Å²) in [5, 5.41) is 9.06. The average Bonchev–Trinajstić information content (AvgIpc) is 2.71. The molecule has 0 fully saturated rings. The lowest BCUT2D eigenvalue weighted by Crippen LogP contribution is -2.04. The molecule has 0 amide bonds. The second-order valence-electron chi connectivity index (χ2n) is 6.86. The molecule has 0 rings (SSSR count). The molecule has 0 aliphatic carbocycles. The van der Waals surface area contributed by atoms with Crippen LogP contribution in [0.25, 0.3) is 0 Å². The molecule has 0 heterocycles. The Hall–Kier alpha value is -2.26. The molecule has 0 radical (unpaired) electrons. The van der Waals surface area contributed by atoms with Gasteiger partial charge in [-0.05, 0) is 35.0 Å². The average molecular weight is 387 g/mol. The maximum Gasteiger partial charge on any atom is 0.130 e. The smallest absolute Gasteiger partial charge is 0.130 e. The Morgan fingerprint density at radius 2 is 1.68 bits per heavy atom. The van der Waals surface area contributed by atoms with Crippen molar-refractivity contribution in [1.82, 2.24) is 0 Å². The van der Waals surface area contributed by atoms with E-state index in [1.165, 1.54) is 7.11 Å². The van der Waals surface area contributed by atoms with Gasteiger partial charge in [0.2, 0.25) is 0 Å². The first kappa shape index (κ1) is 25.7. The fraction of sp³-hybridized carbons (Fsp3) is 0.440. The van der Waals surface area contributed by atoms with Crippen molar-refractivity contribution in [1.29, 1.82) is 0 Å². The molecule has 3 heteroatoms. The topological polar surface area (TPSA) is 38.7 Å². The summed E-state index contributed by atoms with van der Waals surface area (Å²) in [6, 6.07) is 0. The van der Waals surface area contributed by atoms with Gasteiger partial charge in [0.05, 0.1) is 13.7 Å². The van der Waals surface area contributed by atoms with Crippen LogP contribution in [0, 0.1) is 11.8 Å². The zero-order valence-electron chi connectivity index (χ0n) is 18.4. The monoisotopic (exact) mass is 386 g/mol. The highest BCUT2D eigenvalue weighted by Gasteiger charge is 2.12. The standard InChI is InChI=1S/C25H38O3/c1-10-18(3)12-13-19(4)22(7)24(11-2)16-20(5)23(8)25(28-15-14-26)17-21(6)27-9/h12-13,16-19,26H,5-8,10-11,14-15H2,1-4,9H3/b13-12-,24-16-,25-17+. The van der Waals surface area contributed by atoms with Crippen LogP contribution in [-0.2, 0) is 9.47 Å².